The van der Waals surface area contributed by atoms with Crippen molar-refractivity contribution in [3.05, 3.63) is 40.4 Å². The van der Waals surface area contributed by atoms with Crippen LogP contribution >= 0.6 is 0 Å². The van der Waals surface area contributed by atoms with Gasteiger partial charge < -0.3 is 15.3 Å². The molecule has 3 aromatic rings. The molecule has 1 aliphatic carbocycles. The van der Waals surface area contributed by atoms with E-state index in [1.807, 2.05) is 18.7 Å². The van der Waals surface area contributed by atoms with Gasteiger partial charge in [0.05, 0.1) is 46.3 Å². The molecule has 1 atom stereocenters. The first-order valence-electron chi connectivity index (χ1n) is 12.5. The molecule has 13 heteroatoms. The third kappa shape index (κ3) is 4.99. The third-order valence-electron chi connectivity index (χ3n) is 7.05. The lowest BCUT2D eigenvalue weighted by Gasteiger charge is -2.45. The number of hydrogen-bond donors (Lipinski definition) is 3. The van der Waals surface area contributed by atoms with Crippen molar-refractivity contribution in [1.82, 2.24) is 24.1 Å². The van der Waals surface area contributed by atoms with Gasteiger partial charge in [0, 0.05) is 44.0 Å². The molecular formula is C25H32N8O4S. The highest BCUT2D eigenvalue weighted by Gasteiger charge is 2.43. The molecule has 3 N–H and O–H groups in total. The SMILES string of the molecule is C[C@H](O)CNc1nc2c(N3CC(C)(C#N)C3)cc(S(=O)(=O)NC3(C)CC3)cc2c(=O)n1Cc1cnn(C)c1. The van der Waals surface area contributed by atoms with Gasteiger partial charge >= 0.3 is 0 Å². The molecule has 202 valence electrons. The molecule has 12 nitrogen and oxygen atoms in total. The van der Waals surface area contributed by atoms with Gasteiger partial charge in [0.15, 0.2) is 0 Å². The van der Waals surface area contributed by atoms with Gasteiger partial charge in [-0.3, -0.25) is 14.0 Å². The van der Waals surface area contributed by atoms with Gasteiger partial charge in [-0.1, -0.05) is 0 Å². The molecule has 0 unspecified atom stereocenters. The Morgan fingerprint density at radius 3 is 2.55 bits per heavy atom. The van der Waals surface area contributed by atoms with Crippen LogP contribution in [0.3, 0.4) is 0 Å². The van der Waals surface area contributed by atoms with Gasteiger partial charge in [0.1, 0.15) is 5.52 Å². The van der Waals surface area contributed by atoms with Crippen LogP contribution < -0.4 is 20.5 Å². The summed E-state index contributed by atoms with van der Waals surface area (Å²) in [5.74, 6) is 0.247. The number of benzene rings is 1. The van der Waals surface area contributed by atoms with Crippen molar-refractivity contribution in [2.45, 2.75) is 56.7 Å². The summed E-state index contributed by atoms with van der Waals surface area (Å²) in [4.78, 5) is 20.6. The van der Waals surface area contributed by atoms with Gasteiger partial charge in [0.2, 0.25) is 16.0 Å². The van der Waals surface area contributed by atoms with Crippen LogP contribution in [0.1, 0.15) is 39.2 Å². The Balaban J connectivity index is 1.70. The van der Waals surface area contributed by atoms with Crippen LogP contribution in [0.2, 0.25) is 0 Å². The lowest BCUT2D eigenvalue weighted by Crippen LogP contribution is -2.54. The first-order chi connectivity index (χ1) is 17.8. The average molecular weight is 541 g/mol. The van der Waals surface area contributed by atoms with Gasteiger partial charge in [0.25, 0.3) is 5.56 Å². The predicted molar refractivity (Wildman–Crippen MR) is 142 cm³/mol. The van der Waals surface area contributed by atoms with E-state index in [9.17, 15) is 23.6 Å². The number of aromatic nitrogens is 4. The number of nitrogens with zero attached hydrogens (tertiary/aromatic N) is 6. The number of aliphatic hydroxyl groups is 1. The summed E-state index contributed by atoms with van der Waals surface area (Å²) in [6.45, 7) is 6.38. The molecule has 0 bridgehead atoms. The first-order valence-corrected chi connectivity index (χ1v) is 14.0. The Morgan fingerprint density at radius 1 is 1.26 bits per heavy atom. The first kappa shape index (κ1) is 26.1. The summed E-state index contributed by atoms with van der Waals surface area (Å²) in [6.07, 6.45) is 4.23. The van der Waals surface area contributed by atoms with E-state index in [-0.39, 0.29) is 29.3 Å². The monoisotopic (exact) mass is 540 g/mol. The second-order valence-corrected chi connectivity index (χ2v) is 12.8. The van der Waals surface area contributed by atoms with Crippen molar-refractivity contribution in [2.75, 3.05) is 29.9 Å². The molecule has 0 spiro atoms. The number of anilines is 2. The molecule has 1 aromatic carbocycles. The smallest absolute Gasteiger partial charge is 0.263 e. The summed E-state index contributed by atoms with van der Waals surface area (Å²) >= 11 is 0. The Morgan fingerprint density at radius 2 is 1.97 bits per heavy atom. The second kappa shape index (κ2) is 9.07. The van der Waals surface area contributed by atoms with Gasteiger partial charge in [-0.05, 0) is 45.7 Å². The number of rotatable bonds is 9. The van der Waals surface area contributed by atoms with Crippen molar-refractivity contribution in [3.63, 3.8) is 0 Å². The molecule has 38 heavy (non-hydrogen) atoms. The molecule has 0 radical (unpaired) electrons. The molecule has 2 aromatic heterocycles. The maximum Gasteiger partial charge on any atom is 0.263 e. The molecular weight excluding hydrogens is 508 g/mol. The van der Waals surface area contributed by atoms with Gasteiger partial charge in [-0.15, -0.1) is 0 Å². The van der Waals surface area contributed by atoms with Crippen LogP contribution in [0.25, 0.3) is 10.9 Å². The number of aliphatic hydroxyl groups excluding tert-OH is 1. The van der Waals surface area contributed by atoms with E-state index in [0.29, 0.717) is 24.3 Å². The highest BCUT2D eigenvalue weighted by atomic mass is 32.2. The van der Waals surface area contributed by atoms with E-state index in [2.05, 4.69) is 21.2 Å². The maximum absolute atomic E-state index is 14.0. The van der Waals surface area contributed by atoms with E-state index < -0.39 is 32.6 Å². The minimum atomic E-state index is -3.92. The van der Waals surface area contributed by atoms with E-state index >= 15 is 0 Å². The zero-order valence-corrected chi connectivity index (χ0v) is 22.7. The summed E-state index contributed by atoms with van der Waals surface area (Å²) in [7, 11) is -2.14. The van der Waals surface area contributed by atoms with Gasteiger partial charge in [-0.2, -0.15) is 10.4 Å². The lowest BCUT2D eigenvalue weighted by molar-refractivity contribution is 0.208. The number of sulfonamides is 1. The fourth-order valence-corrected chi connectivity index (χ4v) is 6.16. The number of hydrogen-bond acceptors (Lipinski definition) is 9. The molecule has 1 saturated heterocycles. The molecule has 2 fully saturated rings. The minimum absolute atomic E-state index is 0.0183. The van der Waals surface area contributed by atoms with Crippen molar-refractivity contribution < 1.29 is 13.5 Å². The topological polar surface area (TPSA) is 158 Å². The molecule has 0 amide bonds. The number of nitrogens with one attached hydrogen (secondary N) is 2. The third-order valence-corrected chi connectivity index (χ3v) is 8.67. The highest BCUT2D eigenvalue weighted by Crippen LogP contribution is 2.40. The van der Waals surface area contributed by atoms with Crippen LogP contribution in [-0.2, 0) is 23.6 Å². The van der Waals surface area contributed by atoms with E-state index in [0.717, 1.165) is 18.4 Å². The van der Waals surface area contributed by atoms with Crippen LogP contribution in [0, 0.1) is 16.7 Å². The van der Waals surface area contributed by atoms with Crippen LogP contribution in [0.5, 0.6) is 0 Å². The van der Waals surface area contributed by atoms with E-state index in [1.165, 1.54) is 16.7 Å². The second-order valence-electron chi connectivity index (χ2n) is 11.1. The van der Waals surface area contributed by atoms with Crippen molar-refractivity contribution in [2.24, 2.45) is 12.5 Å². The Labute approximate surface area is 220 Å². The molecule has 2 aliphatic rings. The summed E-state index contributed by atoms with van der Waals surface area (Å²) in [5, 5.41) is 26.8. The summed E-state index contributed by atoms with van der Waals surface area (Å²) in [5.41, 5.74) is 0.0767. The standard InChI is InChI=1S/C25H32N8O4S/c1-16(34)9-27-23-29-21-19(22(35)33(23)12-17-10-28-31(4)11-17)7-18(38(36,37)30-25(3)5-6-25)8-20(21)32-14-24(2,13-26)15-32/h7-8,10-11,16,30,34H,5-6,9,12,14-15H2,1-4H3,(H,27,29)/t16-/m0/s1. The summed E-state index contributed by atoms with van der Waals surface area (Å²) in [6, 6.07) is 5.21. The number of nitriles is 1. The van der Waals surface area contributed by atoms with Crippen molar-refractivity contribution in [3.8, 4) is 6.07 Å². The maximum atomic E-state index is 14.0. The fourth-order valence-electron chi connectivity index (χ4n) is 4.64. The predicted octanol–water partition coefficient (Wildman–Crippen LogP) is 1.15. The molecule has 3 heterocycles. The van der Waals surface area contributed by atoms with Gasteiger partial charge in [-0.25, -0.2) is 18.1 Å². The Hall–Kier alpha value is -3.47. The minimum Gasteiger partial charge on any atom is -0.392 e. The zero-order valence-electron chi connectivity index (χ0n) is 21.9. The van der Waals surface area contributed by atoms with Crippen LogP contribution in [0.4, 0.5) is 11.6 Å². The molecule has 5 rings (SSSR count). The highest BCUT2D eigenvalue weighted by molar-refractivity contribution is 7.89. The normalized spacial score (nSPS) is 18.6. The van der Waals surface area contributed by atoms with Crippen molar-refractivity contribution in [1.29, 1.82) is 5.26 Å². The van der Waals surface area contributed by atoms with E-state index in [1.54, 1.807) is 31.0 Å². The van der Waals surface area contributed by atoms with Crippen LogP contribution in [-0.4, -0.2) is 64.1 Å². The molecule has 1 aliphatic heterocycles. The Bertz CT molecular complexity index is 1610. The molecule has 1 saturated carbocycles. The average Bonchev–Trinajstić information content (AvgIpc) is 3.40. The van der Waals surface area contributed by atoms with Crippen LogP contribution in [0.15, 0.2) is 34.2 Å². The van der Waals surface area contributed by atoms with Crippen molar-refractivity contribution >= 4 is 32.6 Å². The quantitative estimate of drug-likeness (QED) is 0.362. The zero-order chi connectivity index (χ0) is 27.5. The summed E-state index contributed by atoms with van der Waals surface area (Å²) < 4.78 is 32.5. The number of fused-ring (bicyclic) bond motifs is 1. The van der Waals surface area contributed by atoms with E-state index in [4.69, 9.17) is 4.98 Å². The largest absolute Gasteiger partial charge is 0.392 e. The Kier molecular flexibility index (Phi) is 6.24. The number of aryl methyl sites for hydroxylation is 1. The lowest BCUT2D eigenvalue weighted by atomic mass is 9.83. The fraction of sp³-hybridized carbons (Fsp3) is 0.520.